The highest BCUT2D eigenvalue weighted by atomic mass is 32.1. The Bertz CT molecular complexity index is 1170. The van der Waals surface area contributed by atoms with E-state index in [1.54, 1.807) is 18.7 Å². The van der Waals surface area contributed by atoms with Gasteiger partial charge in [-0.05, 0) is 43.8 Å². The van der Waals surface area contributed by atoms with Gasteiger partial charge < -0.3 is 15.0 Å². The summed E-state index contributed by atoms with van der Waals surface area (Å²) in [7, 11) is 0. The predicted octanol–water partition coefficient (Wildman–Crippen LogP) is 2.45. The molecule has 2 saturated heterocycles. The first kappa shape index (κ1) is 24.4. The average Bonchev–Trinajstić information content (AvgIpc) is 3.53. The number of amides is 5. The minimum atomic E-state index is -1.11. The Hall–Kier alpha value is -3.73. The molecule has 2 N–H and O–H groups in total. The van der Waals surface area contributed by atoms with Gasteiger partial charge in [0.15, 0.2) is 6.61 Å². The van der Waals surface area contributed by atoms with Crippen molar-refractivity contribution in [3.05, 3.63) is 52.2 Å². The molecule has 1 aromatic carbocycles. The summed E-state index contributed by atoms with van der Waals surface area (Å²) >= 11 is 1.42. The van der Waals surface area contributed by atoms with Gasteiger partial charge in [-0.15, -0.1) is 11.3 Å². The molecule has 2 aliphatic heterocycles. The lowest BCUT2D eigenvalue weighted by Gasteiger charge is -2.27. The van der Waals surface area contributed by atoms with Crippen LogP contribution in [-0.4, -0.2) is 46.9 Å². The molecule has 4 rings (SSSR count). The van der Waals surface area contributed by atoms with Crippen molar-refractivity contribution in [3.8, 4) is 0 Å². The summed E-state index contributed by atoms with van der Waals surface area (Å²) in [5, 5.41) is 4.97. The number of carbonyl (C=O) groups is 5. The van der Waals surface area contributed by atoms with Crippen LogP contribution in [0.3, 0.4) is 0 Å². The number of urea groups is 1. The van der Waals surface area contributed by atoms with E-state index in [0.717, 1.165) is 10.4 Å². The second-order valence-corrected chi connectivity index (χ2v) is 9.75. The van der Waals surface area contributed by atoms with Gasteiger partial charge in [0.2, 0.25) is 5.91 Å². The number of imide groups is 1. The van der Waals surface area contributed by atoms with Crippen LogP contribution in [0.2, 0.25) is 0 Å². The molecule has 0 aliphatic carbocycles. The van der Waals surface area contributed by atoms with Crippen LogP contribution in [0.15, 0.2) is 41.8 Å². The number of aryl methyl sites for hydroxylation is 1. The highest BCUT2D eigenvalue weighted by Gasteiger charge is 2.48. The number of carbonyl (C=O) groups excluding carboxylic acids is 5. The minimum Gasteiger partial charge on any atom is -0.455 e. The maximum atomic E-state index is 13.0. The van der Waals surface area contributed by atoms with Crippen molar-refractivity contribution in [2.45, 2.75) is 45.2 Å². The van der Waals surface area contributed by atoms with E-state index in [1.165, 1.54) is 11.3 Å². The van der Waals surface area contributed by atoms with Gasteiger partial charge >= 0.3 is 12.0 Å². The Balaban J connectivity index is 1.45. The second-order valence-electron chi connectivity index (χ2n) is 8.77. The van der Waals surface area contributed by atoms with Crippen molar-refractivity contribution < 1.29 is 28.7 Å². The molecule has 2 fully saturated rings. The van der Waals surface area contributed by atoms with Crippen molar-refractivity contribution in [1.29, 1.82) is 0 Å². The molecule has 1 aromatic heterocycles. The molecule has 0 radical (unpaired) electrons. The lowest BCUT2D eigenvalue weighted by molar-refractivity contribution is -0.154. The van der Waals surface area contributed by atoms with Gasteiger partial charge in [-0.3, -0.25) is 24.6 Å². The second kappa shape index (κ2) is 9.49. The van der Waals surface area contributed by atoms with E-state index in [0.29, 0.717) is 17.1 Å². The van der Waals surface area contributed by atoms with Gasteiger partial charge in [0, 0.05) is 17.0 Å². The van der Waals surface area contributed by atoms with E-state index < -0.39 is 47.9 Å². The molecule has 0 unspecified atom stereocenters. The zero-order valence-corrected chi connectivity index (χ0v) is 20.4. The van der Waals surface area contributed by atoms with Crippen molar-refractivity contribution in [3.63, 3.8) is 0 Å². The van der Waals surface area contributed by atoms with Gasteiger partial charge in [0.05, 0.1) is 12.0 Å². The Kier molecular flexibility index (Phi) is 6.62. The first-order valence-electron chi connectivity index (χ1n) is 11.2. The van der Waals surface area contributed by atoms with Crippen LogP contribution in [0, 0.1) is 12.8 Å². The molecule has 11 heteroatoms. The topological polar surface area (TPSA) is 125 Å². The quantitative estimate of drug-likeness (QED) is 0.446. The van der Waals surface area contributed by atoms with E-state index >= 15 is 0 Å². The van der Waals surface area contributed by atoms with Gasteiger partial charge in [-0.2, -0.15) is 5.01 Å². The maximum absolute atomic E-state index is 13.0. The Morgan fingerprint density at radius 1 is 1.20 bits per heavy atom. The summed E-state index contributed by atoms with van der Waals surface area (Å²) < 4.78 is 5.23. The average molecular weight is 499 g/mol. The fourth-order valence-electron chi connectivity index (χ4n) is 4.17. The van der Waals surface area contributed by atoms with Crippen LogP contribution in [0.1, 0.15) is 43.2 Å². The molecule has 2 aliphatic rings. The van der Waals surface area contributed by atoms with Gasteiger partial charge in [-0.1, -0.05) is 30.7 Å². The molecule has 0 saturated carbocycles. The molecule has 3 heterocycles. The van der Waals surface area contributed by atoms with E-state index in [1.807, 2.05) is 48.7 Å². The molecular weight excluding hydrogens is 472 g/mol. The normalized spacial score (nSPS) is 24.0. The number of thiophene rings is 1. The van der Waals surface area contributed by atoms with Gasteiger partial charge in [0.1, 0.15) is 5.54 Å². The third-order valence-electron chi connectivity index (χ3n) is 6.32. The van der Waals surface area contributed by atoms with Crippen molar-refractivity contribution in [1.82, 2.24) is 15.8 Å². The number of anilines is 1. The fraction of sp³-hybridized carbons (Fsp3) is 0.375. The van der Waals surface area contributed by atoms with Crippen LogP contribution >= 0.6 is 11.3 Å². The highest BCUT2D eigenvalue weighted by Crippen LogP contribution is 2.43. The lowest BCUT2D eigenvalue weighted by atomic mass is 9.99. The Morgan fingerprint density at radius 2 is 1.91 bits per heavy atom. The number of benzene rings is 1. The number of hydrogen-bond donors (Lipinski definition) is 2. The molecule has 0 bridgehead atoms. The maximum Gasteiger partial charge on any atom is 0.344 e. The smallest absolute Gasteiger partial charge is 0.344 e. The Labute approximate surface area is 206 Å². The molecule has 184 valence electrons. The van der Waals surface area contributed by atoms with E-state index in [2.05, 4.69) is 10.7 Å². The van der Waals surface area contributed by atoms with Crippen LogP contribution in [0.5, 0.6) is 0 Å². The summed E-state index contributed by atoms with van der Waals surface area (Å²) in [5.41, 5.74) is 2.78. The summed E-state index contributed by atoms with van der Waals surface area (Å²) in [4.78, 5) is 65.3. The predicted molar refractivity (Wildman–Crippen MR) is 127 cm³/mol. The molecular formula is C24H26N4O6S. The van der Waals surface area contributed by atoms with Gasteiger partial charge in [0.25, 0.3) is 11.8 Å². The zero-order valence-electron chi connectivity index (χ0n) is 19.6. The molecule has 10 nitrogen and oxygen atoms in total. The number of rotatable bonds is 7. The Morgan fingerprint density at radius 3 is 2.51 bits per heavy atom. The first-order valence-corrected chi connectivity index (χ1v) is 12.1. The van der Waals surface area contributed by atoms with Crippen molar-refractivity contribution in [2.75, 3.05) is 11.5 Å². The standard InChI is InChI=1S/C24H26N4O6S/c1-4-24(3)22(32)28(23(33)25-24)26-18(29)13-34-21(31)16-12-19(30)27(15-9-7-14(2)8-10-15)20(16)17-6-5-11-35-17/h5-11,16,20H,4,12-13H2,1-3H3,(H,25,33)(H,26,29)/t16-,20-,24+/m1/s1. The minimum absolute atomic E-state index is 0.0707. The van der Waals surface area contributed by atoms with Crippen LogP contribution in [0.4, 0.5) is 10.5 Å². The molecule has 3 atom stereocenters. The van der Waals surface area contributed by atoms with Crippen LogP contribution in [-0.2, 0) is 23.9 Å². The SMILES string of the molecule is CC[C@]1(C)NC(=O)N(NC(=O)COC(=O)[C@@H]2CC(=O)N(c3ccc(C)cc3)[C@H]2c2cccs2)C1=O. The summed E-state index contributed by atoms with van der Waals surface area (Å²) in [5.74, 6) is -3.20. The van der Waals surface area contributed by atoms with Crippen LogP contribution in [0.25, 0.3) is 0 Å². The molecule has 2 aromatic rings. The number of nitrogens with one attached hydrogen (secondary N) is 2. The molecule has 5 amide bonds. The van der Waals surface area contributed by atoms with E-state index in [9.17, 15) is 24.0 Å². The number of nitrogens with zero attached hydrogens (tertiary/aromatic N) is 2. The fourth-order valence-corrected chi connectivity index (χ4v) is 5.05. The highest BCUT2D eigenvalue weighted by molar-refractivity contribution is 7.10. The van der Waals surface area contributed by atoms with E-state index in [4.69, 9.17) is 4.74 Å². The summed E-state index contributed by atoms with van der Waals surface area (Å²) in [6.45, 7) is 4.53. The zero-order chi connectivity index (χ0) is 25.3. The molecule has 35 heavy (non-hydrogen) atoms. The van der Waals surface area contributed by atoms with Crippen molar-refractivity contribution >= 4 is 46.7 Å². The number of hydrazine groups is 1. The summed E-state index contributed by atoms with van der Waals surface area (Å²) in [6, 6.07) is 9.81. The lowest BCUT2D eigenvalue weighted by Crippen LogP contribution is -2.49. The first-order chi connectivity index (χ1) is 16.6. The third kappa shape index (κ3) is 4.63. The third-order valence-corrected chi connectivity index (χ3v) is 7.27. The van der Waals surface area contributed by atoms with E-state index in [-0.39, 0.29) is 12.3 Å². The van der Waals surface area contributed by atoms with Crippen molar-refractivity contribution in [2.24, 2.45) is 5.92 Å². The summed E-state index contributed by atoms with van der Waals surface area (Å²) in [6.07, 6.45) is 0.273. The largest absolute Gasteiger partial charge is 0.455 e. The monoisotopic (exact) mass is 498 g/mol. The number of ether oxygens (including phenoxy) is 1. The van der Waals surface area contributed by atoms with Crippen LogP contribution < -0.4 is 15.6 Å². The molecule has 0 spiro atoms. The number of esters is 1. The number of hydrogen-bond acceptors (Lipinski definition) is 7. The van der Waals surface area contributed by atoms with Gasteiger partial charge in [-0.25, -0.2) is 4.79 Å².